The summed E-state index contributed by atoms with van der Waals surface area (Å²) >= 11 is 0. The van der Waals surface area contributed by atoms with Crippen molar-refractivity contribution in [2.45, 2.75) is 98.4 Å². The van der Waals surface area contributed by atoms with E-state index in [-0.39, 0.29) is 18.5 Å². The van der Waals surface area contributed by atoms with Crippen molar-refractivity contribution in [3.63, 3.8) is 0 Å². The number of carbonyl (C=O) groups excluding carboxylic acids is 4. The number of hydrogen-bond acceptors (Lipinski definition) is 6. The molecule has 0 aromatic heterocycles. The highest BCUT2D eigenvalue weighted by Gasteiger charge is 2.40. The number of terminal acetylenes is 1. The van der Waals surface area contributed by atoms with Crippen molar-refractivity contribution in [2.24, 2.45) is 11.8 Å². The summed E-state index contributed by atoms with van der Waals surface area (Å²) < 4.78 is 10.1. The van der Waals surface area contributed by atoms with E-state index < -0.39 is 41.6 Å². The number of ether oxygens (including phenoxy) is 2. The number of benzene rings is 1. The molecule has 0 heterocycles. The second kappa shape index (κ2) is 15.9. The van der Waals surface area contributed by atoms with Gasteiger partial charge in [-0.15, -0.1) is 6.42 Å². The minimum atomic E-state index is -1.10. The Morgan fingerprint density at radius 2 is 1.62 bits per heavy atom. The number of esters is 1. The Balaban J connectivity index is 3.68. The van der Waals surface area contributed by atoms with Crippen LogP contribution in [0, 0.1) is 24.2 Å². The van der Waals surface area contributed by atoms with E-state index in [0.717, 1.165) is 6.42 Å². The molecule has 0 fully saturated rings. The van der Waals surface area contributed by atoms with Gasteiger partial charge >= 0.3 is 12.1 Å². The summed E-state index contributed by atoms with van der Waals surface area (Å²) in [6.07, 6.45) is 6.84. The van der Waals surface area contributed by atoms with Crippen LogP contribution >= 0.6 is 0 Å². The molecule has 0 saturated heterocycles. The number of hydrogen-bond donors (Lipinski definition) is 2. The van der Waals surface area contributed by atoms with Crippen molar-refractivity contribution in [3.05, 3.63) is 35.4 Å². The van der Waals surface area contributed by atoms with Crippen LogP contribution in [0.1, 0.15) is 91.8 Å². The molecule has 0 aliphatic rings. The predicted octanol–water partition coefficient (Wildman–Crippen LogP) is 4.59. The zero-order chi connectivity index (χ0) is 30.6. The number of carbonyl (C=O) groups is 4. The summed E-state index contributed by atoms with van der Waals surface area (Å²) in [5, 5.41) is 5.37. The van der Waals surface area contributed by atoms with Gasteiger partial charge in [0.25, 0.3) is 0 Å². The Morgan fingerprint density at radius 1 is 1.02 bits per heavy atom. The van der Waals surface area contributed by atoms with E-state index >= 15 is 0 Å². The largest absolute Gasteiger partial charge is 0.468 e. The summed E-state index contributed by atoms with van der Waals surface area (Å²) in [6, 6.07) is 4.35. The molecule has 1 rings (SSSR count). The van der Waals surface area contributed by atoms with Gasteiger partial charge < -0.3 is 25.0 Å². The molecule has 0 radical (unpaired) electrons. The maximum absolute atomic E-state index is 14.4. The molecule has 40 heavy (non-hydrogen) atoms. The van der Waals surface area contributed by atoms with Crippen LogP contribution in [0.3, 0.4) is 0 Å². The van der Waals surface area contributed by atoms with Crippen LogP contribution in [-0.2, 0) is 23.9 Å². The van der Waals surface area contributed by atoms with Gasteiger partial charge in [-0.05, 0) is 70.1 Å². The maximum Gasteiger partial charge on any atom is 0.408 e. The molecule has 9 nitrogen and oxygen atoms in total. The maximum atomic E-state index is 14.4. The number of methoxy groups -OCH3 is 1. The molecule has 1 aromatic carbocycles. The first kappa shape index (κ1) is 34.5. The van der Waals surface area contributed by atoms with Crippen molar-refractivity contribution in [2.75, 3.05) is 13.7 Å². The zero-order valence-corrected chi connectivity index (χ0v) is 25.5. The molecule has 4 atom stereocenters. The van der Waals surface area contributed by atoms with E-state index in [1.807, 2.05) is 20.8 Å². The lowest BCUT2D eigenvalue weighted by atomic mass is 9.93. The molecule has 9 heteroatoms. The van der Waals surface area contributed by atoms with Crippen molar-refractivity contribution in [3.8, 4) is 12.3 Å². The van der Waals surface area contributed by atoms with Crippen LogP contribution in [-0.4, -0.2) is 60.1 Å². The van der Waals surface area contributed by atoms with Gasteiger partial charge in [-0.25, -0.2) is 4.79 Å². The molecule has 0 aliphatic heterocycles. The first-order valence-electron chi connectivity index (χ1n) is 13.9. The van der Waals surface area contributed by atoms with Crippen molar-refractivity contribution in [1.29, 1.82) is 0 Å². The molecule has 0 saturated carbocycles. The molecular formula is C31H47N3O6. The second-order valence-electron chi connectivity index (χ2n) is 11.5. The van der Waals surface area contributed by atoms with Gasteiger partial charge in [-0.2, -0.15) is 0 Å². The summed E-state index contributed by atoms with van der Waals surface area (Å²) in [7, 11) is 1.23. The van der Waals surface area contributed by atoms with Crippen molar-refractivity contribution >= 4 is 23.9 Å². The summed E-state index contributed by atoms with van der Waals surface area (Å²) in [6.45, 7) is 14.7. The quantitative estimate of drug-likeness (QED) is 0.271. The van der Waals surface area contributed by atoms with Gasteiger partial charge in [0.05, 0.1) is 7.11 Å². The number of nitrogens with one attached hydrogen (secondary N) is 2. The number of alkyl carbamates (subject to hydrolysis) is 1. The zero-order valence-electron chi connectivity index (χ0n) is 25.5. The second-order valence-corrected chi connectivity index (χ2v) is 11.5. The van der Waals surface area contributed by atoms with Crippen LogP contribution < -0.4 is 10.6 Å². The molecule has 222 valence electrons. The Kier molecular flexibility index (Phi) is 13.7. The Bertz CT molecular complexity index is 1040. The normalized spacial score (nSPS) is 14.2. The Labute approximate surface area is 239 Å². The van der Waals surface area contributed by atoms with Crippen molar-refractivity contribution < 1.29 is 28.7 Å². The van der Waals surface area contributed by atoms with Crippen LogP contribution in [0.15, 0.2) is 24.3 Å². The third-order valence-electron chi connectivity index (χ3n) is 6.60. The lowest BCUT2D eigenvalue weighted by Gasteiger charge is -2.40. The van der Waals surface area contributed by atoms with E-state index in [1.165, 1.54) is 12.0 Å². The standard InChI is InChI=1S/C31H47N3O6/c1-11-21(5)26(33-30(38)40-31(7,8)9)29(37)34(22(6)14-13-20(3)4)27(28(36)32-19-25(35)39-10)24-17-15-23(12-2)16-18-24/h2,15-18,20-22,26-27H,11,13-14,19H2,1,3-10H3,(H,32,36)(H,33,38). The van der Waals surface area contributed by atoms with Crippen LogP contribution in [0.2, 0.25) is 0 Å². The van der Waals surface area contributed by atoms with E-state index in [4.69, 9.17) is 11.2 Å². The van der Waals surface area contributed by atoms with Gasteiger partial charge in [0.1, 0.15) is 24.2 Å². The van der Waals surface area contributed by atoms with E-state index in [2.05, 4.69) is 35.1 Å². The SMILES string of the molecule is C#Cc1ccc(C(C(=O)NCC(=O)OC)N(C(=O)C(NC(=O)OC(C)(C)C)C(C)CC)C(C)CCC(C)C)cc1. The van der Waals surface area contributed by atoms with Gasteiger partial charge in [0, 0.05) is 11.6 Å². The lowest BCUT2D eigenvalue weighted by Crippen LogP contribution is -2.57. The summed E-state index contributed by atoms with van der Waals surface area (Å²) in [4.78, 5) is 54.3. The highest BCUT2D eigenvalue weighted by Crippen LogP contribution is 2.29. The third kappa shape index (κ3) is 10.9. The first-order chi connectivity index (χ1) is 18.6. The Hall–Kier alpha value is -3.54. The fourth-order valence-corrected chi connectivity index (χ4v) is 4.12. The molecular weight excluding hydrogens is 510 g/mol. The molecule has 3 amide bonds. The first-order valence-corrected chi connectivity index (χ1v) is 13.9. The molecule has 0 bridgehead atoms. The van der Waals surface area contributed by atoms with E-state index in [9.17, 15) is 19.2 Å². The number of rotatable bonds is 13. The van der Waals surface area contributed by atoms with Crippen molar-refractivity contribution in [1.82, 2.24) is 15.5 Å². The van der Waals surface area contributed by atoms with Gasteiger partial charge in [-0.3, -0.25) is 14.4 Å². The Morgan fingerprint density at radius 3 is 2.10 bits per heavy atom. The smallest absolute Gasteiger partial charge is 0.408 e. The summed E-state index contributed by atoms with van der Waals surface area (Å²) in [5.41, 5.74) is 0.380. The number of amides is 3. The lowest BCUT2D eigenvalue weighted by molar-refractivity contribution is -0.147. The molecule has 4 unspecified atom stereocenters. The molecule has 1 aromatic rings. The third-order valence-corrected chi connectivity index (χ3v) is 6.60. The highest BCUT2D eigenvalue weighted by molar-refractivity contribution is 5.93. The highest BCUT2D eigenvalue weighted by atomic mass is 16.6. The van der Waals surface area contributed by atoms with Crippen LogP contribution in [0.5, 0.6) is 0 Å². The monoisotopic (exact) mass is 557 g/mol. The predicted molar refractivity (Wildman–Crippen MR) is 155 cm³/mol. The fraction of sp³-hybridized carbons (Fsp3) is 0.613. The average molecular weight is 558 g/mol. The molecule has 0 aliphatic carbocycles. The van der Waals surface area contributed by atoms with E-state index in [1.54, 1.807) is 45.0 Å². The average Bonchev–Trinajstić information content (AvgIpc) is 2.89. The summed E-state index contributed by atoms with van der Waals surface area (Å²) in [5.74, 6) is 1.07. The molecule has 2 N–H and O–H groups in total. The van der Waals surface area contributed by atoms with Gasteiger partial charge in [-0.1, -0.05) is 52.2 Å². The van der Waals surface area contributed by atoms with E-state index in [0.29, 0.717) is 29.9 Å². The van der Waals surface area contributed by atoms with Gasteiger partial charge in [0.2, 0.25) is 11.8 Å². The fourth-order valence-electron chi connectivity index (χ4n) is 4.12. The topological polar surface area (TPSA) is 114 Å². The minimum absolute atomic E-state index is 0.262. The molecule has 0 spiro atoms. The van der Waals surface area contributed by atoms with Crippen LogP contribution in [0.25, 0.3) is 0 Å². The number of nitrogens with zero attached hydrogens (tertiary/aromatic N) is 1. The van der Waals surface area contributed by atoms with Gasteiger partial charge in [0.15, 0.2) is 0 Å². The minimum Gasteiger partial charge on any atom is -0.468 e. The van der Waals surface area contributed by atoms with Crippen LogP contribution in [0.4, 0.5) is 4.79 Å².